The summed E-state index contributed by atoms with van der Waals surface area (Å²) in [5.74, 6) is 0.00735. The van der Waals surface area contributed by atoms with Crippen LogP contribution >= 0.6 is 24.0 Å². The van der Waals surface area contributed by atoms with E-state index in [4.69, 9.17) is 17.0 Å². The Morgan fingerprint density at radius 1 is 1.41 bits per heavy atom. The minimum atomic E-state index is -0.346. The van der Waals surface area contributed by atoms with Crippen LogP contribution in [0.2, 0.25) is 0 Å². The standard InChI is InChI=1S/C15H16N2O3S2/c1-9(2)20-12-7-5-4-6-11(12)8-13-14(19)17(15(21)22-13)16-10(3)18/h4-9H,1-3H3,(H,16,18)/b13-8+. The Hall–Kier alpha value is -1.86. The van der Waals surface area contributed by atoms with Gasteiger partial charge in [-0.2, -0.15) is 5.01 Å². The van der Waals surface area contributed by atoms with Gasteiger partial charge in [-0.1, -0.05) is 30.0 Å². The van der Waals surface area contributed by atoms with Crippen molar-refractivity contribution < 1.29 is 14.3 Å². The highest BCUT2D eigenvalue weighted by Crippen LogP contribution is 2.33. The van der Waals surface area contributed by atoms with Crippen LogP contribution in [-0.4, -0.2) is 27.2 Å². The lowest BCUT2D eigenvalue weighted by Gasteiger charge is -2.14. The molecular weight excluding hydrogens is 320 g/mol. The van der Waals surface area contributed by atoms with Crippen LogP contribution in [0.4, 0.5) is 0 Å². The maximum Gasteiger partial charge on any atom is 0.285 e. The molecule has 0 bridgehead atoms. The molecule has 0 aromatic heterocycles. The predicted octanol–water partition coefficient (Wildman–Crippen LogP) is 2.73. The van der Waals surface area contributed by atoms with Gasteiger partial charge in [0.2, 0.25) is 5.91 Å². The summed E-state index contributed by atoms with van der Waals surface area (Å²) in [6, 6.07) is 7.45. The molecule has 0 unspecified atom stereocenters. The van der Waals surface area contributed by atoms with E-state index in [0.29, 0.717) is 15.0 Å². The first-order chi connectivity index (χ1) is 10.4. The maximum absolute atomic E-state index is 12.3. The minimum Gasteiger partial charge on any atom is -0.490 e. The number of carbonyl (C=O) groups excluding carboxylic acids is 2. The Morgan fingerprint density at radius 3 is 2.73 bits per heavy atom. The number of rotatable bonds is 4. The van der Waals surface area contributed by atoms with Gasteiger partial charge in [-0.3, -0.25) is 15.0 Å². The van der Waals surface area contributed by atoms with Gasteiger partial charge in [0.1, 0.15) is 5.75 Å². The number of hydrogen-bond donors (Lipinski definition) is 1. The average Bonchev–Trinajstić information content (AvgIpc) is 2.68. The fourth-order valence-corrected chi connectivity index (χ4v) is 2.99. The lowest BCUT2D eigenvalue weighted by atomic mass is 10.2. The smallest absolute Gasteiger partial charge is 0.285 e. The molecule has 0 aliphatic carbocycles. The van der Waals surface area contributed by atoms with Crippen LogP contribution in [0.1, 0.15) is 26.3 Å². The summed E-state index contributed by atoms with van der Waals surface area (Å²) in [5, 5.41) is 1.08. The number of benzene rings is 1. The third-order valence-electron chi connectivity index (χ3n) is 2.63. The zero-order valence-corrected chi connectivity index (χ0v) is 14.1. The van der Waals surface area contributed by atoms with Crippen LogP contribution in [-0.2, 0) is 9.59 Å². The van der Waals surface area contributed by atoms with Crippen LogP contribution in [0.3, 0.4) is 0 Å². The molecule has 1 aromatic rings. The molecule has 22 heavy (non-hydrogen) atoms. The highest BCUT2D eigenvalue weighted by molar-refractivity contribution is 8.26. The summed E-state index contributed by atoms with van der Waals surface area (Å²) in [6.45, 7) is 5.20. The molecule has 7 heteroatoms. The number of amides is 2. The van der Waals surface area contributed by atoms with Crippen molar-refractivity contribution in [3.8, 4) is 5.75 Å². The van der Waals surface area contributed by atoms with E-state index in [1.165, 1.54) is 6.92 Å². The van der Waals surface area contributed by atoms with Crippen LogP contribution < -0.4 is 10.2 Å². The molecule has 1 aliphatic rings. The second kappa shape index (κ2) is 6.93. The summed E-state index contributed by atoms with van der Waals surface area (Å²) in [6.07, 6.45) is 1.75. The fraction of sp³-hybridized carbons (Fsp3) is 0.267. The monoisotopic (exact) mass is 336 g/mol. The molecule has 1 N–H and O–H groups in total. The zero-order valence-electron chi connectivity index (χ0n) is 12.5. The number of hydrogen-bond acceptors (Lipinski definition) is 5. The second-order valence-electron chi connectivity index (χ2n) is 4.89. The van der Waals surface area contributed by atoms with Crippen molar-refractivity contribution in [2.24, 2.45) is 0 Å². The van der Waals surface area contributed by atoms with Gasteiger partial charge in [-0.15, -0.1) is 0 Å². The molecule has 1 aromatic carbocycles. The second-order valence-corrected chi connectivity index (χ2v) is 6.57. The molecule has 2 rings (SSSR count). The highest BCUT2D eigenvalue weighted by Gasteiger charge is 2.33. The van der Waals surface area contributed by atoms with Gasteiger partial charge in [0.15, 0.2) is 4.32 Å². The van der Waals surface area contributed by atoms with Crippen molar-refractivity contribution in [1.29, 1.82) is 0 Å². The van der Waals surface area contributed by atoms with Crippen LogP contribution in [0, 0.1) is 0 Å². The van der Waals surface area contributed by atoms with Gasteiger partial charge in [0, 0.05) is 12.5 Å². The number of nitrogens with zero attached hydrogens (tertiary/aromatic N) is 1. The van der Waals surface area contributed by atoms with Crippen molar-refractivity contribution >= 4 is 46.2 Å². The number of thioether (sulfide) groups is 1. The molecule has 0 spiro atoms. The first-order valence-corrected chi connectivity index (χ1v) is 7.92. The third-order valence-corrected chi connectivity index (χ3v) is 3.93. The number of hydrazine groups is 1. The Morgan fingerprint density at radius 2 is 2.09 bits per heavy atom. The third kappa shape index (κ3) is 3.86. The van der Waals surface area contributed by atoms with E-state index in [0.717, 1.165) is 22.3 Å². The maximum atomic E-state index is 12.3. The van der Waals surface area contributed by atoms with Gasteiger partial charge in [-0.25, -0.2) is 0 Å². The van der Waals surface area contributed by atoms with Crippen molar-refractivity contribution in [2.45, 2.75) is 26.9 Å². The summed E-state index contributed by atoms with van der Waals surface area (Å²) in [4.78, 5) is 23.8. The van der Waals surface area contributed by atoms with E-state index < -0.39 is 0 Å². The Bertz CT molecular complexity index is 656. The number of para-hydroxylation sites is 1. The number of nitrogens with one attached hydrogen (secondary N) is 1. The molecule has 5 nitrogen and oxygen atoms in total. The van der Waals surface area contributed by atoms with E-state index in [2.05, 4.69) is 5.43 Å². The summed E-state index contributed by atoms with van der Waals surface area (Å²) >= 11 is 6.26. The lowest BCUT2D eigenvalue weighted by Crippen LogP contribution is -2.43. The summed E-state index contributed by atoms with van der Waals surface area (Å²) in [5.41, 5.74) is 3.21. The van der Waals surface area contributed by atoms with E-state index in [1.54, 1.807) is 6.08 Å². The van der Waals surface area contributed by atoms with Gasteiger partial charge >= 0.3 is 0 Å². The van der Waals surface area contributed by atoms with Gasteiger partial charge in [0.25, 0.3) is 5.91 Å². The predicted molar refractivity (Wildman–Crippen MR) is 91.0 cm³/mol. The SMILES string of the molecule is CC(=O)NN1C(=O)/C(=C\c2ccccc2OC(C)C)SC1=S. The highest BCUT2D eigenvalue weighted by atomic mass is 32.2. The largest absolute Gasteiger partial charge is 0.490 e. The van der Waals surface area contributed by atoms with Crippen molar-refractivity contribution in [3.05, 3.63) is 34.7 Å². The van der Waals surface area contributed by atoms with Crippen LogP contribution in [0.15, 0.2) is 29.2 Å². The van der Waals surface area contributed by atoms with E-state index in [1.807, 2.05) is 38.1 Å². The molecular formula is C15H16N2O3S2. The quantitative estimate of drug-likeness (QED) is 0.677. The molecule has 0 atom stereocenters. The summed E-state index contributed by atoms with van der Waals surface area (Å²) < 4.78 is 6.03. The van der Waals surface area contributed by atoms with Crippen molar-refractivity contribution in [2.75, 3.05) is 0 Å². The Balaban J connectivity index is 2.29. The fourth-order valence-electron chi connectivity index (χ4n) is 1.82. The molecule has 1 saturated heterocycles. The van der Waals surface area contributed by atoms with Crippen molar-refractivity contribution in [3.63, 3.8) is 0 Å². The van der Waals surface area contributed by atoms with Gasteiger partial charge < -0.3 is 4.74 Å². The minimum absolute atomic E-state index is 0.0310. The number of thiocarbonyl (C=S) groups is 1. The number of ether oxygens (including phenoxy) is 1. The normalized spacial score (nSPS) is 16.5. The molecule has 0 saturated carbocycles. The topological polar surface area (TPSA) is 58.6 Å². The molecule has 1 heterocycles. The van der Waals surface area contributed by atoms with E-state index >= 15 is 0 Å². The first kappa shape index (κ1) is 16.5. The van der Waals surface area contributed by atoms with Gasteiger partial charge in [-0.05, 0) is 38.2 Å². The Labute approximate surface area is 138 Å². The average molecular weight is 336 g/mol. The van der Waals surface area contributed by atoms with Gasteiger partial charge in [0.05, 0.1) is 11.0 Å². The Kier molecular flexibility index (Phi) is 5.20. The van der Waals surface area contributed by atoms with Crippen molar-refractivity contribution in [1.82, 2.24) is 10.4 Å². The summed E-state index contributed by atoms with van der Waals surface area (Å²) in [7, 11) is 0. The van der Waals surface area contributed by atoms with E-state index in [9.17, 15) is 9.59 Å². The lowest BCUT2D eigenvalue weighted by molar-refractivity contribution is -0.131. The van der Waals surface area contributed by atoms with E-state index in [-0.39, 0.29) is 17.9 Å². The molecule has 2 amide bonds. The zero-order chi connectivity index (χ0) is 16.3. The number of carbonyl (C=O) groups is 2. The molecule has 0 radical (unpaired) electrons. The van der Waals surface area contributed by atoms with Crippen LogP contribution in [0.25, 0.3) is 6.08 Å². The van der Waals surface area contributed by atoms with Crippen LogP contribution in [0.5, 0.6) is 5.75 Å². The first-order valence-electron chi connectivity index (χ1n) is 6.69. The molecule has 1 fully saturated rings. The molecule has 1 aliphatic heterocycles. The molecule has 116 valence electrons.